The van der Waals surface area contributed by atoms with Gasteiger partial charge in [-0.15, -0.1) is 0 Å². The molecule has 8 unspecified atom stereocenters. The zero-order chi connectivity index (χ0) is 28.7. The van der Waals surface area contributed by atoms with Crippen LogP contribution in [0.5, 0.6) is 0 Å². The molecule has 5 rings (SSSR count). The van der Waals surface area contributed by atoms with E-state index in [9.17, 15) is 19.2 Å². The molecule has 4 aliphatic carbocycles. The molecule has 2 N–H and O–H groups in total. The maximum absolute atomic E-state index is 13.9. The fraction of sp³-hybridized carbons (Fsp3) is 0.742. The Morgan fingerprint density at radius 3 is 2.73 bits per heavy atom. The minimum absolute atomic E-state index is 0.0170. The lowest BCUT2D eigenvalue weighted by Crippen LogP contribution is -2.60. The molecule has 0 spiro atoms. The molecule has 0 bridgehead atoms. The molecule has 3 saturated carbocycles. The van der Waals surface area contributed by atoms with Gasteiger partial charge >= 0.3 is 5.97 Å². The quantitative estimate of drug-likeness (QED) is 0.310. The second kappa shape index (κ2) is 11.1. The van der Waals surface area contributed by atoms with Gasteiger partial charge in [0.15, 0.2) is 24.3 Å². The van der Waals surface area contributed by atoms with Crippen molar-refractivity contribution in [2.75, 3.05) is 19.8 Å². The van der Waals surface area contributed by atoms with Crippen molar-refractivity contribution in [3.05, 3.63) is 23.8 Å². The Morgan fingerprint density at radius 1 is 1.18 bits per heavy atom. The largest absolute Gasteiger partial charge is 0.458 e. The lowest BCUT2D eigenvalue weighted by atomic mass is 9.47. The zero-order valence-electron chi connectivity index (χ0n) is 23.9. The molecular weight excluding hydrogens is 514 g/mol. The highest BCUT2D eigenvalue weighted by Crippen LogP contribution is 2.69. The maximum Gasteiger partial charge on any atom is 0.303 e. The van der Waals surface area contributed by atoms with Gasteiger partial charge in [-0.1, -0.05) is 25.5 Å². The van der Waals surface area contributed by atoms with E-state index in [0.29, 0.717) is 44.1 Å². The molecule has 1 aliphatic heterocycles. The first kappa shape index (κ1) is 29.1. The fourth-order valence-corrected chi connectivity index (χ4v) is 8.75. The highest BCUT2D eigenvalue weighted by molar-refractivity contribution is 6.01. The van der Waals surface area contributed by atoms with Crippen LogP contribution in [0.2, 0.25) is 0 Å². The summed E-state index contributed by atoms with van der Waals surface area (Å²) in [5, 5.41) is 11.8. The van der Waals surface area contributed by atoms with Crippen molar-refractivity contribution >= 4 is 23.4 Å². The van der Waals surface area contributed by atoms with Crippen LogP contribution in [0.15, 0.2) is 23.8 Å². The van der Waals surface area contributed by atoms with Gasteiger partial charge in [0.25, 0.3) is 0 Å². The molecule has 5 aliphatic rings. The number of fused-ring (bicyclic) bond motifs is 7. The zero-order valence-corrected chi connectivity index (χ0v) is 23.9. The van der Waals surface area contributed by atoms with E-state index >= 15 is 0 Å². The van der Waals surface area contributed by atoms with Crippen LogP contribution in [0.4, 0.5) is 0 Å². The summed E-state index contributed by atoms with van der Waals surface area (Å²) >= 11 is 0. The van der Waals surface area contributed by atoms with E-state index in [0.717, 1.165) is 25.7 Å². The average Bonchev–Trinajstić information content (AvgIpc) is 3.41. The number of hydrogen-bond donors (Lipinski definition) is 2. The number of carbonyl (C=O) groups is 4. The van der Waals surface area contributed by atoms with Gasteiger partial charge < -0.3 is 24.6 Å². The Hall–Kier alpha value is -2.36. The molecule has 8 atom stereocenters. The van der Waals surface area contributed by atoms with Crippen molar-refractivity contribution in [1.82, 2.24) is 5.32 Å². The van der Waals surface area contributed by atoms with Crippen LogP contribution in [-0.4, -0.2) is 66.3 Å². The lowest BCUT2D eigenvalue weighted by molar-refractivity contribution is -0.188. The van der Waals surface area contributed by atoms with Crippen LogP contribution in [0.25, 0.3) is 0 Å². The molecule has 0 aromatic carbocycles. The van der Waals surface area contributed by atoms with Gasteiger partial charge in [0.1, 0.15) is 0 Å². The summed E-state index contributed by atoms with van der Waals surface area (Å²) in [6.45, 7) is 5.82. The topological polar surface area (TPSA) is 128 Å². The minimum Gasteiger partial charge on any atom is -0.458 e. The standard InChI is InChI=1S/C31H43NO8/c1-19(34)38-18-25(36)31-26(39-28(40-31)7-4-14-32-27(37)6-5-15-33)17-24-22-9-8-20-16-21(35)10-12-29(20,2)23(22)11-13-30(24,31)3/h10,12,16,22-24,26,28,33H,4-9,11,13-15,17-18H2,1-3H3,(H,32,37). The van der Waals surface area contributed by atoms with Gasteiger partial charge in [-0.25, -0.2) is 0 Å². The number of amides is 1. The Kier molecular flexibility index (Phi) is 8.12. The fourth-order valence-electron chi connectivity index (χ4n) is 8.75. The van der Waals surface area contributed by atoms with Crippen molar-refractivity contribution in [2.24, 2.45) is 28.6 Å². The van der Waals surface area contributed by atoms with Crippen LogP contribution in [0.3, 0.4) is 0 Å². The van der Waals surface area contributed by atoms with Crippen molar-refractivity contribution < 1.29 is 38.5 Å². The maximum atomic E-state index is 13.9. The Morgan fingerprint density at radius 2 is 1.98 bits per heavy atom. The van der Waals surface area contributed by atoms with E-state index in [1.807, 2.05) is 6.08 Å². The molecular formula is C31H43NO8. The first-order chi connectivity index (χ1) is 19.0. The predicted molar refractivity (Wildman–Crippen MR) is 145 cm³/mol. The van der Waals surface area contributed by atoms with Gasteiger partial charge in [0.2, 0.25) is 11.7 Å². The molecule has 4 fully saturated rings. The third-order valence-corrected chi connectivity index (χ3v) is 10.7. The van der Waals surface area contributed by atoms with E-state index in [1.165, 1.54) is 12.5 Å². The van der Waals surface area contributed by atoms with Gasteiger partial charge in [0, 0.05) is 43.7 Å². The summed E-state index contributed by atoms with van der Waals surface area (Å²) in [7, 11) is 0. The molecule has 1 amide bonds. The summed E-state index contributed by atoms with van der Waals surface area (Å²) in [5.41, 5.74) is -0.603. The van der Waals surface area contributed by atoms with Crippen molar-refractivity contribution in [1.29, 1.82) is 0 Å². The van der Waals surface area contributed by atoms with Gasteiger partial charge in [-0.05, 0) is 74.9 Å². The SMILES string of the molecule is CC(=O)OCC(=O)C12OC(CCCNC(=O)CCCO)OC1CC1C3CCC4=CC(=O)C=CC4(C)C3CCC12C. The Bertz CT molecular complexity index is 1110. The second-order valence-corrected chi connectivity index (χ2v) is 12.7. The molecule has 0 aromatic rings. The number of esters is 1. The number of allylic oxidation sites excluding steroid dienone is 4. The second-order valence-electron chi connectivity index (χ2n) is 12.7. The molecule has 220 valence electrons. The smallest absolute Gasteiger partial charge is 0.303 e. The number of Topliss-reactive ketones (excluding diaryl/α,β-unsaturated/α-hetero) is 1. The number of rotatable bonds is 10. The van der Waals surface area contributed by atoms with E-state index < -0.39 is 29.4 Å². The van der Waals surface area contributed by atoms with Crippen LogP contribution in [-0.2, 0) is 33.4 Å². The highest BCUT2D eigenvalue weighted by Gasteiger charge is 2.74. The predicted octanol–water partition coefficient (Wildman–Crippen LogP) is 3.19. The molecule has 9 heteroatoms. The highest BCUT2D eigenvalue weighted by atomic mass is 16.7. The first-order valence-corrected chi connectivity index (χ1v) is 14.9. The number of hydrogen-bond acceptors (Lipinski definition) is 8. The van der Waals surface area contributed by atoms with Crippen LogP contribution in [0.1, 0.15) is 78.6 Å². The van der Waals surface area contributed by atoms with Crippen LogP contribution < -0.4 is 5.32 Å². The summed E-state index contributed by atoms with van der Waals surface area (Å²) in [5.74, 6) is 0.165. The number of ketones is 2. The van der Waals surface area contributed by atoms with Crippen LogP contribution >= 0.6 is 0 Å². The monoisotopic (exact) mass is 557 g/mol. The minimum atomic E-state index is -1.19. The first-order valence-electron chi connectivity index (χ1n) is 14.9. The van der Waals surface area contributed by atoms with E-state index in [1.54, 1.807) is 6.08 Å². The van der Waals surface area contributed by atoms with E-state index in [-0.39, 0.29) is 48.4 Å². The molecule has 0 aromatic heterocycles. The summed E-state index contributed by atoms with van der Waals surface area (Å²) in [6, 6.07) is 0. The number of aliphatic hydroxyl groups excluding tert-OH is 1. The Balaban J connectivity index is 1.34. The number of carbonyl (C=O) groups excluding carboxylic acids is 4. The van der Waals surface area contributed by atoms with Crippen LogP contribution in [0, 0.1) is 28.6 Å². The Labute approximate surface area is 236 Å². The van der Waals surface area contributed by atoms with Crippen molar-refractivity contribution in [3.63, 3.8) is 0 Å². The number of nitrogens with one attached hydrogen (secondary N) is 1. The van der Waals surface area contributed by atoms with E-state index in [2.05, 4.69) is 25.2 Å². The third kappa shape index (κ3) is 4.77. The van der Waals surface area contributed by atoms with Crippen molar-refractivity contribution in [3.8, 4) is 0 Å². The molecule has 0 radical (unpaired) electrons. The number of aliphatic hydroxyl groups is 1. The summed E-state index contributed by atoms with van der Waals surface area (Å²) < 4.78 is 18.3. The molecule has 9 nitrogen and oxygen atoms in total. The number of ether oxygens (including phenoxy) is 3. The molecule has 40 heavy (non-hydrogen) atoms. The molecule has 1 heterocycles. The van der Waals surface area contributed by atoms with Gasteiger partial charge in [0.05, 0.1) is 6.10 Å². The summed E-state index contributed by atoms with van der Waals surface area (Å²) in [6.07, 6.45) is 10.7. The normalized spacial score (nSPS) is 39.5. The summed E-state index contributed by atoms with van der Waals surface area (Å²) in [4.78, 5) is 49.6. The van der Waals surface area contributed by atoms with Gasteiger partial charge in [-0.3, -0.25) is 19.2 Å². The van der Waals surface area contributed by atoms with E-state index in [4.69, 9.17) is 19.3 Å². The van der Waals surface area contributed by atoms with Crippen molar-refractivity contribution in [2.45, 2.75) is 96.6 Å². The average molecular weight is 558 g/mol. The van der Waals surface area contributed by atoms with Gasteiger partial charge in [-0.2, -0.15) is 0 Å². The third-order valence-electron chi connectivity index (χ3n) is 10.7. The molecule has 1 saturated heterocycles. The lowest BCUT2D eigenvalue weighted by Gasteiger charge is -2.58.